The summed E-state index contributed by atoms with van der Waals surface area (Å²) in [6.07, 6.45) is 7.43. The summed E-state index contributed by atoms with van der Waals surface area (Å²) in [5.41, 5.74) is 2.23. The van der Waals surface area contributed by atoms with Gasteiger partial charge in [0.2, 0.25) is 0 Å². The van der Waals surface area contributed by atoms with Crippen molar-refractivity contribution in [3.8, 4) is 0 Å². The van der Waals surface area contributed by atoms with Crippen molar-refractivity contribution in [3.63, 3.8) is 0 Å². The van der Waals surface area contributed by atoms with E-state index in [9.17, 15) is 13.2 Å². The van der Waals surface area contributed by atoms with E-state index in [1.54, 1.807) is 0 Å². The zero-order valence-electron chi connectivity index (χ0n) is 19.8. The minimum Gasteiger partial charge on any atom is -0.370 e. The van der Waals surface area contributed by atoms with Gasteiger partial charge in [-0.1, -0.05) is 12.5 Å². The minimum absolute atomic E-state index is 0.167. The summed E-state index contributed by atoms with van der Waals surface area (Å²) < 4.78 is 44.1. The summed E-state index contributed by atoms with van der Waals surface area (Å²) in [4.78, 5) is 7.31. The predicted molar refractivity (Wildman–Crippen MR) is 124 cm³/mol. The fourth-order valence-electron chi connectivity index (χ4n) is 6.48. The smallest absolute Gasteiger partial charge is 0.194 e. The number of piperidine rings is 1. The second-order valence-corrected chi connectivity index (χ2v) is 10.3. The van der Waals surface area contributed by atoms with Gasteiger partial charge in [0.05, 0.1) is 17.6 Å². The molecule has 0 radical (unpaired) electrons. The molecule has 184 valence electrons. The third kappa shape index (κ3) is 4.08. The van der Waals surface area contributed by atoms with Crippen LogP contribution in [0.5, 0.6) is 0 Å². The largest absolute Gasteiger partial charge is 0.370 e. The molecule has 2 bridgehead atoms. The van der Waals surface area contributed by atoms with Crippen molar-refractivity contribution in [2.24, 2.45) is 17.8 Å². The molecule has 1 aliphatic carbocycles. The third-order valence-electron chi connectivity index (χ3n) is 8.18. The number of aromatic nitrogens is 5. The zero-order valence-corrected chi connectivity index (χ0v) is 19.8. The van der Waals surface area contributed by atoms with E-state index in [1.165, 1.54) is 18.9 Å². The van der Waals surface area contributed by atoms with Gasteiger partial charge in [-0.15, -0.1) is 0 Å². The van der Waals surface area contributed by atoms with Crippen LogP contribution in [0, 0.1) is 42.1 Å². The molecule has 4 atom stereocenters. The van der Waals surface area contributed by atoms with E-state index in [-0.39, 0.29) is 5.56 Å². The Morgan fingerprint density at radius 3 is 2.57 bits per heavy atom. The van der Waals surface area contributed by atoms with Crippen LogP contribution in [0.4, 0.5) is 18.9 Å². The lowest BCUT2D eigenvalue weighted by atomic mass is 9.82. The standard InChI is InChI=1S/C26H29F3N6/c1-15-10-18(12-30-32-15)34-13-16-5-6-17(14-34)21(16)11-23-31-26-20(4-2-3-9-35(26)33-23)19-7-8-22(27)25(29)24(19)28/h7-8,10,12,16-17,20-21H,2-6,9,11,13-14H2,1H3/t16-,17+,20-,21?/m0/s1. The number of hydrogen-bond acceptors (Lipinski definition) is 5. The van der Waals surface area contributed by atoms with Crippen LogP contribution in [0.1, 0.15) is 60.9 Å². The van der Waals surface area contributed by atoms with Crippen molar-refractivity contribution in [2.45, 2.75) is 57.9 Å². The molecule has 2 fully saturated rings. The maximum Gasteiger partial charge on any atom is 0.194 e. The average Bonchev–Trinajstić information content (AvgIpc) is 3.25. The average molecular weight is 483 g/mol. The van der Waals surface area contributed by atoms with Crippen LogP contribution < -0.4 is 4.90 Å². The van der Waals surface area contributed by atoms with Crippen molar-refractivity contribution in [1.82, 2.24) is 25.0 Å². The second kappa shape index (κ2) is 8.91. The fraction of sp³-hybridized carbons (Fsp3) is 0.538. The van der Waals surface area contributed by atoms with E-state index in [0.29, 0.717) is 36.5 Å². The molecule has 35 heavy (non-hydrogen) atoms. The Labute approximate surface area is 202 Å². The van der Waals surface area contributed by atoms with Crippen LogP contribution in [0.3, 0.4) is 0 Å². The summed E-state index contributed by atoms with van der Waals surface area (Å²) in [5, 5.41) is 13.0. The summed E-state index contributed by atoms with van der Waals surface area (Å²) in [6.45, 7) is 4.65. The predicted octanol–water partition coefficient (Wildman–Crippen LogP) is 4.81. The number of aryl methyl sites for hydroxylation is 2. The molecule has 0 spiro atoms. The zero-order chi connectivity index (χ0) is 24.1. The van der Waals surface area contributed by atoms with E-state index in [2.05, 4.69) is 21.2 Å². The third-order valence-corrected chi connectivity index (χ3v) is 8.18. The van der Waals surface area contributed by atoms with Gasteiger partial charge in [0.25, 0.3) is 0 Å². The Bertz CT molecular complexity index is 1230. The molecule has 1 unspecified atom stereocenters. The van der Waals surface area contributed by atoms with E-state index in [0.717, 1.165) is 55.6 Å². The van der Waals surface area contributed by atoms with Gasteiger partial charge in [-0.3, -0.25) is 0 Å². The van der Waals surface area contributed by atoms with Gasteiger partial charge in [-0.25, -0.2) is 22.8 Å². The highest BCUT2D eigenvalue weighted by Crippen LogP contribution is 2.44. The number of fused-ring (bicyclic) bond motifs is 3. The lowest BCUT2D eigenvalue weighted by Crippen LogP contribution is -2.43. The first-order valence-corrected chi connectivity index (χ1v) is 12.6. The van der Waals surface area contributed by atoms with Crippen LogP contribution in [0.25, 0.3) is 0 Å². The van der Waals surface area contributed by atoms with Crippen molar-refractivity contribution in [1.29, 1.82) is 0 Å². The normalized spacial score (nSPS) is 26.0. The molecular weight excluding hydrogens is 453 g/mol. The Morgan fingerprint density at radius 1 is 1.00 bits per heavy atom. The number of halogens is 3. The lowest BCUT2D eigenvalue weighted by molar-refractivity contribution is 0.265. The van der Waals surface area contributed by atoms with Crippen LogP contribution in [-0.4, -0.2) is 38.1 Å². The molecule has 3 aliphatic rings. The molecule has 3 aromatic rings. The quantitative estimate of drug-likeness (QED) is 0.500. The molecule has 1 saturated heterocycles. The molecule has 6 nitrogen and oxygen atoms in total. The monoisotopic (exact) mass is 482 g/mol. The highest BCUT2D eigenvalue weighted by Gasteiger charge is 2.43. The van der Waals surface area contributed by atoms with Crippen molar-refractivity contribution in [2.75, 3.05) is 18.0 Å². The van der Waals surface area contributed by atoms with Crippen molar-refractivity contribution >= 4 is 5.69 Å². The molecule has 4 heterocycles. The van der Waals surface area contributed by atoms with E-state index >= 15 is 0 Å². The van der Waals surface area contributed by atoms with Gasteiger partial charge in [-0.05, 0) is 62.5 Å². The molecule has 2 aliphatic heterocycles. The number of nitrogens with zero attached hydrogens (tertiary/aromatic N) is 6. The Kier molecular flexibility index (Phi) is 5.73. The summed E-state index contributed by atoms with van der Waals surface area (Å²) >= 11 is 0. The topological polar surface area (TPSA) is 59.7 Å². The van der Waals surface area contributed by atoms with Gasteiger partial charge in [-0.2, -0.15) is 15.3 Å². The van der Waals surface area contributed by atoms with Crippen LogP contribution >= 0.6 is 0 Å². The molecule has 1 saturated carbocycles. The second-order valence-electron chi connectivity index (χ2n) is 10.3. The molecule has 0 amide bonds. The highest BCUT2D eigenvalue weighted by molar-refractivity contribution is 5.45. The van der Waals surface area contributed by atoms with Gasteiger partial charge in [0.15, 0.2) is 23.3 Å². The van der Waals surface area contributed by atoms with Crippen LogP contribution in [0.2, 0.25) is 0 Å². The van der Waals surface area contributed by atoms with Crippen molar-refractivity contribution in [3.05, 3.63) is 64.8 Å². The number of rotatable bonds is 4. The molecule has 1 aromatic carbocycles. The first-order chi connectivity index (χ1) is 17.0. The minimum atomic E-state index is -1.42. The highest BCUT2D eigenvalue weighted by atomic mass is 19.2. The summed E-state index contributed by atoms with van der Waals surface area (Å²) in [7, 11) is 0. The van der Waals surface area contributed by atoms with Crippen molar-refractivity contribution < 1.29 is 13.2 Å². The van der Waals surface area contributed by atoms with Gasteiger partial charge < -0.3 is 4.90 Å². The Hall–Kier alpha value is -2.97. The lowest BCUT2D eigenvalue weighted by Gasteiger charge is -2.39. The van der Waals surface area contributed by atoms with Gasteiger partial charge >= 0.3 is 0 Å². The number of hydrogen-bond donors (Lipinski definition) is 0. The molecule has 2 aromatic heterocycles. The maximum absolute atomic E-state index is 14.7. The Balaban J connectivity index is 1.24. The van der Waals surface area contributed by atoms with E-state index in [4.69, 9.17) is 10.1 Å². The van der Waals surface area contributed by atoms with E-state index in [1.807, 2.05) is 17.8 Å². The van der Waals surface area contributed by atoms with Crippen LogP contribution in [-0.2, 0) is 13.0 Å². The number of anilines is 1. The maximum atomic E-state index is 14.7. The van der Waals surface area contributed by atoms with Crippen LogP contribution in [0.15, 0.2) is 24.4 Å². The van der Waals surface area contributed by atoms with E-state index < -0.39 is 23.4 Å². The molecule has 0 N–H and O–H groups in total. The van der Waals surface area contributed by atoms with Gasteiger partial charge in [0.1, 0.15) is 5.82 Å². The first-order valence-electron chi connectivity index (χ1n) is 12.6. The van der Waals surface area contributed by atoms with Gasteiger partial charge in [0, 0.05) is 37.5 Å². The molecular formula is C26H29F3N6. The fourth-order valence-corrected chi connectivity index (χ4v) is 6.48. The summed E-state index contributed by atoms with van der Waals surface area (Å²) in [6, 6.07) is 4.46. The Morgan fingerprint density at radius 2 is 1.80 bits per heavy atom. The molecule has 9 heteroatoms. The summed E-state index contributed by atoms with van der Waals surface area (Å²) in [5.74, 6) is -1.03. The SMILES string of the molecule is Cc1cc(N2C[C@H]3CC[C@@H](C2)C3Cc2nc3n(n2)CCCC[C@H]3c2ccc(F)c(F)c2F)cnn1. The molecule has 6 rings (SSSR count). The number of benzene rings is 1. The first kappa shape index (κ1) is 22.5.